The largest absolute Gasteiger partial charge is 0.390 e. The summed E-state index contributed by atoms with van der Waals surface area (Å²) >= 11 is 0. The van der Waals surface area contributed by atoms with Crippen LogP contribution in [0.5, 0.6) is 0 Å². The summed E-state index contributed by atoms with van der Waals surface area (Å²) < 4.78 is 0. The summed E-state index contributed by atoms with van der Waals surface area (Å²) in [5.74, 6) is 0.0284. The molecule has 134 valence electrons. The van der Waals surface area contributed by atoms with Crippen LogP contribution in [0.25, 0.3) is 4.85 Å². The highest BCUT2D eigenvalue weighted by Crippen LogP contribution is 2.42. The van der Waals surface area contributed by atoms with E-state index in [1.165, 1.54) is 0 Å². The summed E-state index contributed by atoms with van der Waals surface area (Å²) in [4.78, 5) is 19.7. The van der Waals surface area contributed by atoms with Crippen LogP contribution in [0.4, 0.5) is 0 Å². The molecule has 2 fully saturated rings. The van der Waals surface area contributed by atoms with Crippen LogP contribution in [-0.2, 0) is 10.3 Å². The van der Waals surface area contributed by atoms with Crippen molar-refractivity contribution in [1.29, 1.82) is 0 Å². The average Bonchev–Trinajstić information content (AvgIpc) is 2.84. The van der Waals surface area contributed by atoms with Gasteiger partial charge in [0.25, 0.3) is 5.54 Å². The first-order valence-electron chi connectivity index (χ1n) is 9.16. The molecule has 0 spiro atoms. The number of hydrogen-bond donors (Lipinski definition) is 1. The molecule has 1 saturated heterocycles. The van der Waals surface area contributed by atoms with E-state index in [-0.39, 0.29) is 5.91 Å². The lowest BCUT2D eigenvalue weighted by Gasteiger charge is -2.38. The second kappa shape index (κ2) is 7.55. The molecule has 5 nitrogen and oxygen atoms in total. The zero-order valence-electron chi connectivity index (χ0n) is 14.9. The van der Waals surface area contributed by atoms with E-state index in [0.717, 1.165) is 37.8 Å². The van der Waals surface area contributed by atoms with Gasteiger partial charge in [-0.25, -0.2) is 6.57 Å². The van der Waals surface area contributed by atoms with Gasteiger partial charge in [-0.1, -0.05) is 30.3 Å². The molecule has 1 aromatic carbocycles. The first kappa shape index (κ1) is 17.9. The summed E-state index contributed by atoms with van der Waals surface area (Å²) in [5, 5.41) is 10.3. The number of aliphatic hydroxyl groups excluding tert-OH is 1. The second-order valence-corrected chi connectivity index (χ2v) is 7.35. The lowest BCUT2D eigenvalue weighted by atomic mass is 9.75. The lowest BCUT2D eigenvalue weighted by molar-refractivity contribution is -0.129. The van der Waals surface area contributed by atoms with Gasteiger partial charge in [-0.3, -0.25) is 9.69 Å². The number of aliphatic hydroxyl groups is 1. The van der Waals surface area contributed by atoms with Crippen molar-refractivity contribution in [2.45, 2.75) is 50.3 Å². The topological polar surface area (TPSA) is 48.1 Å². The number of hydrogen-bond acceptors (Lipinski definition) is 3. The normalized spacial score (nSPS) is 31.2. The molecule has 0 bridgehead atoms. The zero-order valence-corrected chi connectivity index (χ0v) is 14.9. The Morgan fingerprint density at radius 3 is 2.48 bits per heavy atom. The Bertz CT molecular complexity index is 632. The van der Waals surface area contributed by atoms with Crippen molar-refractivity contribution in [2.24, 2.45) is 0 Å². The van der Waals surface area contributed by atoms with Crippen molar-refractivity contribution in [1.82, 2.24) is 9.80 Å². The molecule has 25 heavy (non-hydrogen) atoms. The number of carbonyl (C=O) groups is 1. The van der Waals surface area contributed by atoms with Crippen molar-refractivity contribution in [3.05, 3.63) is 47.3 Å². The van der Waals surface area contributed by atoms with E-state index in [1.54, 1.807) is 11.8 Å². The Kier molecular flexibility index (Phi) is 5.41. The number of nitrogens with zero attached hydrogens (tertiary/aromatic N) is 3. The molecule has 1 unspecified atom stereocenters. The third-order valence-corrected chi connectivity index (χ3v) is 5.80. The zero-order chi connectivity index (χ0) is 17.9. The Morgan fingerprint density at radius 1 is 1.20 bits per heavy atom. The molecule has 1 saturated carbocycles. The average molecular weight is 341 g/mol. The molecule has 5 heteroatoms. The smallest absolute Gasteiger partial charge is 0.257 e. The van der Waals surface area contributed by atoms with Crippen LogP contribution in [-0.4, -0.2) is 59.1 Å². The van der Waals surface area contributed by atoms with Crippen molar-refractivity contribution in [2.75, 3.05) is 26.2 Å². The highest BCUT2D eigenvalue weighted by molar-refractivity contribution is 5.73. The van der Waals surface area contributed by atoms with Crippen LogP contribution in [0.2, 0.25) is 0 Å². The Labute approximate surface area is 150 Å². The van der Waals surface area contributed by atoms with E-state index in [1.807, 2.05) is 18.2 Å². The maximum Gasteiger partial charge on any atom is 0.257 e. The van der Waals surface area contributed by atoms with Crippen LogP contribution in [0.1, 0.15) is 38.2 Å². The van der Waals surface area contributed by atoms with Gasteiger partial charge in [0, 0.05) is 57.5 Å². The Balaban J connectivity index is 1.66. The molecular weight excluding hydrogens is 314 g/mol. The molecular formula is C20H27N3O2. The highest BCUT2D eigenvalue weighted by Gasteiger charge is 2.44. The van der Waals surface area contributed by atoms with E-state index in [0.29, 0.717) is 25.7 Å². The molecule has 1 amide bonds. The van der Waals surface area contributed by atoms with Crippen LogP contribution in [0, 0.1) is 6.57 Å². The summed E-state index contributed by atoms with van der Waals surface area (Å²) in [5.41, 5.74) is 0.732. The van der Waals surface area contributed by atoms with E-state index in [9.17, 15) is 9.90 Å². The number of benzene rings is 1. The van der Waals surface area contributed by atoms with Gasteiger partial charge in [-0.2, -0.15) is 0 Å². The SMILES string of the molecule is [C-]#[N+]C1(c2ccccc2)CCC(N2CCN(C(C)=O)CC(O)C2)CC1. The molecule has 1 atom stereocenters. The molecule has 1 N–H and O–H groups in total. The maximum atomic E-state index is 11.6. The van der Waals surface area contributed by atoms with Crippen molar-refractivity contribution in [3.8, 4) is 0 Å². The van der Waals surface area contributed by atoms with E-state index >= 15 is 0 Å². The maximum absolute atomic E-state index is 11.6. The summed E-state index contributed by atoms with van der Waals surface area (Å²) in [6, 6.07) is 10.5. The number of rotatable bonds is 2. The van der Waals surface area contributed by atoms with E-state index in [2.05, 4.69) is 21.9 Å². The van der Waals surface area contributed by atoms with Crippen LogP contribution in [0.3, 0.4) is 0 Å². The van der Waals surface area contributed by atoms with Gasteiger partial charge in [-0.15, -0.1) is 0 Å². The predicted octanol–water partition coefficient (Wildman–Crippen LogP) is 2.27. The Hall–Kier alpha value is -1.90. The van der Waals surface area contributed by atoms with E-state index in [4.69, 9.17) is 6.57 Å². The number of amides is 1. The monoisotopic (exact) mass is 341 g/mol. The van der Waals surface area contributed by atoms with Crippen LogP contribution >= 0.6 is 0 Å². The minimum absolute atomic E-state index is 0.0284. The van der Waals surface area contributed by atoms with Crippen LogP contribution in [0.15, 0.2) is 30.3 Å². The van der Waals surface area contributed by atoms with Gasteiger partial charge < -0.3 is 14.9 Å². The van der Waals surface area contributed by atoms with E-state index < -0.39 is 11.6 Å². The fourth-order valence-electron chi connectivity index (χ4n) is 4.29. The lowest BCUT2D eigenvalue weighted by Crippen LogP contribution is -2.44. The van der Waals surface area contributed by atoms with Gasteiger partial charge in [0.05, 0.1) is 6.10 Å². The van der Waals surface area contributed by atoms with Gasteiger partial charge in [0.2, 0.25) is 5.91 Å². The second-order valence-electron chi connectivity index (χ2n) is 7.35. The van der Waals surface area contributed by atoms with Gasteiger partial charge in [0.1, 0.15) is 0 Å². The molecule has 2 aliphatic rings. The minimum atomic E-state index is -0.493. The third-order valence-electron chi connectivity index (χ3n) is 5.80. The van der Waals surface area contributed by atoms with Crippen LogP contribution < -0.4 is 0 Å². The molecule has 0 aromatic heterocycles. The fraction of sp³-hybridized carbons (Fsp3) is 0.600. The molecule has 3 rings (SSSR count). The highest BCUT2D eigenvalue weighted by atomic mass is 16.3. The first-order chi connectivity index (χ1) is 12.0. The van der Waals surface area contributed by atoms with Crippen molar-refractivity contribution in [3.63, 3.8) is 0 Å². The molecule has 1 heterocycles. The third kappa shape index (κ3) is 3.86. The quantitative estimate of drug-likeness (QED) is 0.840. The number of carbonyl (C=O) groups excluding carboxylic acids is 1. The summed E-state index contributed by atoms with van der Waals surface area (Å²) in [6.45, 7) is 11.8. The van der Waals surface area contributed by atoms with Crippen molar-refractivity contribution < 1.29 is 9.90 Å². The number of β-amino-alcohol motifs (C(OH)–C–C–N with tert-alkyl or cyclic N) is 1. The summed E-state index contributed by atoms with van der Waals surface area (Å²) in [6.07, 6.45) is 3.14. The molecule has 1 aliphatic heterocycles. The predicted molar refractivity (Wildman–Crippen MR) is 96.8 cm³/mol. The summed E-state index contributed by atoms with van der Waals surface area (Å²) in [7, 11) is 0. The Morgan fingerprint density at radius 2 is 1.88 bits per heavy atom. The fourth-order valence-corrected chi connectivity index (χ4v) is 4.29. The molecule has 0 radical (unpaired) electrons. The van der Waals surface area contributed by atoms with Crippen molar-refractivity contribution >= 4 is 5.91 Å². The van der Waals surface area contributed by atoms with Gasteiger partial charge in [-0.05, 0) is 12.8 Å². The van der Waals surface area contributed by atoms with Gasteiger partial charge >= 0.3 is 0 Å². The standard InChI is InChI=1S/C20H27N3O2/c1-16(24)22-12-13-23(15-19(25)14-22)18-8-10-20(21-2,11-9-18)17-6-4-3-5-7-17/h3-7,18-19,25H,8-15H2,1H3. The van der Waals surface area contributed by atoms with Gasteiger partial charge in [0.15, 0.2) is 0 Å². The minimum Gasteiger partial charge on any atom is -0.390 e. The first-order valence-corrected chi connectivity index (χ1v) is 9.16. The molecule has 1 aromatic rings. The molecule has 1 aliphatic carbocycles.